The number of fused-ring (bicyclic) bond motifs is 3. The third-order valence-corrected chi connectivity index (χ3v) is 6.87. The molecule has 7 heteroatoms. The first-order chi connectivity index (χ1) is 15.1. The molecule has 31 heavy (non-hydrogen) atoms. The molecule has 2 heterocycles. The number of hydrogen-bond donors (Lipinski definition) is 1. The first-order valence-electron chi connectivity index (χ1n) is 9.45. The van der Waals surface area contributed by atoms with Crippen molar-refractivity contribution in [2.45, 2.75) is 9.79 Å². The van der Waals surface area contributed by atoms with E-state index in [1.165, 1.54) is 23.1 Å². The Morgan fingerprint density at radius 2 is 1.97 bits per heavy atom. The van der Waals surface area contributed by atoms with E-state index in [9.17, 15) is 9.59 Å². The summed E-state index contributed by atoms with van der Waals surface area (Å²) < 4.78 is 1.04. The van der Waals surface area contributed by atoms with Gasteiger partial charge in [0.15, 0.2) is 0 Å². The monoisotopic (exact) mass is 441 g/mol. The number of amides is 2. The fourth-order valence-corrected chi connectivity index (χ4v) is 5.23. The molecule has 0 radical (unpaired) electrons. The second-order valence-corrected chi connectivity index (χ2v) is 8.84. The fourth-order valence-electron chi connectivity index (χ4n) is 3.45. The SMILES string of the molecule is C#CCN1C(=O)c2ccccc2Sc2cc(NC(=O)c3ccc4scnc4c3)ccc21. The number of carbonyl (C=O) groups is 2. The zero-order valence-corrected chi connectivity index (χ0v) is 17.8. The van der Waals surface area contributed by atoms with Crippen LogP contribution in [0.5, 0.6) is 0 Å². The predicted molar refractivity (Wildman–Crippen MR) is 125 cm³/mol. The van der Waals surface area contributed by atoms with Crippen LogP contribution < -0.4 is 10.2 Å². The van der Waals surface area contributed by atoms with Crippen LogP contribution in [0.3, 0.4) is 0 Å². The van der Waals surface area contributed by atoms with E-state index >= 15 is 0 Å². The Bertz CT molecular complexity index is 1390. The second kappa shape index (κ2) is 7.91. The molecule has 0 saturated carbocycles. The minimum Gasteiger partial charge on any atom is -0.322 e. The third kappa shape index (κ3) is 3.56. The molecule has 0 saturated heterocycles. The summed E-state index contributed by atoms with van der Waals surface area (Å²) in [6.07, 6.45) is 5.53. The Kier molecular flexibility index (Phi) is 4.94. The van der Waals surface area contributed by atoms with Gasteiger partial charge in [-0.25, -0.2) is 4.98 Å². The van der Waals surface area contributed by atoms with Crippen molar-refractivity contribution in [2.75, 3.05) is 16.8 Å². The number of nitrogens with one attached hydrogen (secondary N) is 1. The minimum atomic E-state index is -0.217. The molecule has 5 nitrogen and oxygen atoms in total. The van der Waals surface area contributed by atoms with Gasteiger partial charge < -0.3 is 5.32 Å². The lowest BCUT2D eigenvalue weighted by atomic mass is 10.1. The number of thiazole rings is 1. The molecular weight excluding hydrogens is 426 g/mol. The molecule has 150 valence electrons. The maximum absolute atomic E-state index is 13.1. The molecule has 1 N–H and O–H groups in total. The fraction of sp³-hybridized carbons (Fsp3) is 0.0417. The normalized spacial score (nSPS) is 12.6. The van der Waals surface area contributed by atoms with Gasteiger partial charge in [0.2, 0.25) is 0 Å². The first-order valence-corrected chi connectivity index (χ1v) is 11.1. The van der Waals surface area contributed by atoms with Crippen LogP contribution in [-0.4, -0.2) is 23.3 Å². The van der Waals surface area contributed by atoms with E-state index in [4.69, 9.17) is 6.42 Å². The summed E-state index contributed by atoms with van der Waals surface area (Å²) in [6.45, 7) is 0.167. The molecule has 0 bridgehead atoms. The Hall–Kier alpha value is -3.60. The zero-order chi connectivity index (χ0) is 21.4. The number of hydrogen-bond acceptors (Lipinski definition) is 5. The van der Waals surface area contributed by atoms with E-state index in [1.54, 1.807) is 34.7 Å². The summed E-state index contributed by atoms with van der Waals surface area (Å²) in [5.74, 6) is 2.22. The highest BCUT2D eigenvalue weighted by Gasteiger charge is 2.27. The van der Waals surface area contributed by atoms with Crippen LogP contribution in [0.2, 0.25) is 0 Å². The van der Waals surface area contributed by atoms with Crippen LogP contribution in [0.4, 0.5) is 11.4 Å². The number of rotatable bonds is 3. The predicted octanol–water partition coefficient (Wildman–Crippen LogP) is 5.29. The number of aromatic nitrogens is 1. The highest BCUT2D eigenvalue weighted by Crippen LogP contribution is 2.42. The Morgan fingerprint density at radius 1 is 1.10 bits per heavy atom. The minimum absolute atomic E-state index is 0.131. The quantitative estimate of drug-likeness (QED) is 0.439. The standard InChI is InChI=1S/C24H15N3O2S2/c1-2-11-27-19-9-8-16(13-22(19)31-20-6-4-3-5-17(20)24(27)29)26-23(28)15-7-10-21-18(12-15)25-14-30-21/h1,3-10,12-14H,11H2,(H,26,28). The molecule has 2 amide bonds. The number of anilines is 2. The lowest BCUT2D eigenvalue weighted by molar-refractivity contribution is 0.0985. The van der Waals surface area contributed by atoms with E-state index in [0.29, 0.717) is 16.8 Å². The van der Waals surface area contributed by atoms with Gasteiger partial charge in [-0.15, -0.1) is 17.8 Å². The maximum atomic E-state index is 13.1. The van der Waals surface area contributed by atoms with Crippen molar-refractivity contribution >= 4 is 56.5 Å². The number of terminal acetylenes is 1. The molecule has 3 aromatic carbocycles. The molecule has 0 spiro atoms. The van der Waals surface area contributed by atoms with Crippen LogP contribution in [0.25, 0.3) is 10.2 Å². The van der Waals surface area contributed by atoms with E-state index in [2.05, 4.69) is 16.2 Å². The molecule has 0 atom stereocenters. The first kappa shape index (κ1) is 19.4. The number of nitrogens with zero attached hydrogens (tertiary/aromatic N) is 2. The van der Waals surface area contributed by atoms with Crippen molar-refractivity contribution in [1.29, 1.82) is 0 Å². The molecule has 0 fully saturated rings. The summed E-state index contributed by atoms with van der Waals surface area (Å²) in [5.41, 5.74) is 5.08. The largest absolute Gasteiger partial charge is 0.322 e. The van der Waals surface area contributed by atoms with Gasteiger partial charge >= 0.3 is 0 Å². The van der Waals surface area contributed by atoms with Crippen molar-refractivity contribution in [1.82, 2.24) is 4.98 Å². The molecule has 4 aromatic rings. The summed E-state index contributed by atoms with van der Waals surface area (Å²) >= 11 is 3.02. The van der Waals surface area contributed by atoms with Crippen LogP contribution in [0, 0.1) is 12.3 Å². The van der Waals surface area contributed by atoms with Crippen molar-refractivity contribution < 1.29 is 9.59 Å². The number of carbonyl (C=O) groups excluding carboxylic acids is 2. The summed E-state index contributed by atoms with van der Waals surface area (Å²) in [4.78, 5) is 33.4. The Balaban J connectivity index is 1.49. The van der Waals surface area contributed by atoms with E-state index < -0.39 is 0 Å². The van der Waals surface area contributed by atoms with Gasteiger partial charge in [0.05, 0.1) is 33.5 Å². The van der Waals surface area contributed by atoms with Gasteiger partial charge in [-0.3, -0.25) is 14.5 Å². The molecule has 1 aliphatic rings. The lowest BCUT2D eigenvalue weighted by Crippen LogP contribution is -2.31. The average Bonchev–Trinajstić information content (AvgIpc) is 3.22. The second-order valence-electron chi connectivity index (χ2n) is 6.87. The Labute approximate surface area is 187 Å². The molecule has 0 unspecified atom stereocenters. The topological polar surface area (TPSA) is 62.3 Å². The van der Waals surface area contributed by atoms with E-state index in [0.717, 1.165) is 25.7 Å². The van der Waals surface area contributed by atoms with Crippen LogP contribution in [0.15, 0.2) is 76.0 Å². The van der Waals surface area contributed by atoms with E-state index in [-0.39, 0.29) is 18.4 Å². The Morgan fingerprint density at radius 3 is 2.84 bits per heavy atom. The maximum Gasteiger partial charge on any atom is 0.260 e. The van der Waals surface area contributed by atoms with Crippen LogP contribution in [0.1, 0.15) is 20.7 Å². The summed E-state index contributed by atoms with van der Waals surface area (Å²) in [6, 6.07) is 18.4. The van der Waals surface area contributed by atoms with Crippen LogP contribution in [-0.2, 0) is 0 Å². The summed E-state index contributed by atoms with van der Waals surface area (Å²) in [7, 11) is 0. The molecule has 5 rings (SSSR count). The van der Waals surface area contributed by atoms with Crippen molar-refractivity contribution in [3.63, 3.8) is 0 Å². The van der Waals surface area contributed by atoms with Crippen molar-refractivity contribution in [2.24, 2.45) is 0 Å². The third-order valence-electron chi connectivity index (χ3n) is 4.93. The van der Waals surface area contributed by atoms with Crippen LogP contribution >= 0.6 is 23.1 Å². The molecule has 0 aliphatic carbocycles. The van der Waals surface area contributed by atoms with Gasteiger partial charge in [0.25, 0.3) is 11.8 Å². The molecular formula is C24H15N3O2S2. The van der Waals surface area contributed by atoms with Gasteiger partial charge in [-0.05, 0) is 48.5 Å². The van der Waals surface area contributed by atoms with Crippen molar-refractivity contribution in [3.8, 4) is 12.3 Å². The smallest absolute Gasteiger partial charge is 0.260 e. The highest BCUT2D eigenvalue weighted by molar-refractivity contribution is 7.99. The van der Waals surface area contributed by atoms with Gasteiger partial charge in [-0.2, -0.15) is 0 Å². The average molecular weight is 442 g/mol. The highest BCUT2D eigenvalue weighted by atomic mass is 32.2. The van der Waals surface area contributed by atoms with Gasteiger partial charge in [0.1, 0.15) is 0 Å². The molecule has 1 aliphatic heterocycles. The number of benzene rings is 3. The molecule has 1 aromatic heterocycles. The van der Waals surface area contributed by atoms with E-state index in [1.807, 2.05) is 36.4 Å². The van der Waals surface area contributed by atoms with Crippen molar-refractivity contribution in [3.05, 3.63) is 77.3 Å². The zero-order valence-electron chi connectivity index (χ0n) is 16.2. The van der Waals surface area contributed by atoms with Gasteiger partial charge in [0, 0.05) is 21.0 Å². The summed E-state index contributed by atoms with van der Waals surface area (Å²) in [5, 5.41) is 2.95. The van der Waals surface area contributed by atoms with Gasteiger partial charge in [-0.1, -0.05) is 29.8 Å². The lowest BCUT2D eigenvalue weighted by Gasteiger charge is -2.21.